The average molecular weight is 461 g/mol. The number of amides is 1. The maximum absolute atomic E-state index is 12.9. The number of pyridine rings is 1. The predicted octanol–water partition coefficient (Wildman–Crippen LogP) is 5.06. The molecule has 6 nitrogen and oxygen atoms in total. The fourth-order valence-corrected chi connectivity index (χ4v) is 3.96. The number of carbonyl (C=O) groups excluding carboxylic acids is 2. The number of fused-ring (bicyclic) bond motifs is 1. The predicted molar refractivity (Wildman–Crippen MR) is 113 cm³/mol. The van der Waals surface area contributed by atoms with Crippen molar-refractivity contribution >= 4 is 28.0 Å². The van der Waals surface area contributed by atoms with Crippen molar-refractivity contribution in [3.05, 3.63) is 63.4 Å². The molecular weight excluding hydrogens is 436 g/mol. The molecule has 1 aromatic carbocycles. The molecule has 1 aliphatic rings. The van der Waals surface area contributed by atoms with Gasteiger partial charge in [-0.25, -0.2) is 9.59 Å². The minimum Gasteiger partial charge on any atom is -0.465 e. The number of esters is 1. The Morgan fingerprint density at radius 1 is 1.28 bits per heavy atom. The van der Waals surface area contributed by atoms with E-state index in [1.165, 1.54) is 7.11 Å². The quantitative estimate of drug-likeness (QED) is 0.596. The Morgan fingerprint density at radius 2 is 2.03 bits per heavy atom. The molecule has 0 bridgehead atoms. The van der Waals surface area contributed by atoms with Gasteiger partial charge in [-0.05, 0) is 68.5 Å². The zero-order chi connectivity index (χ0) is 21.2. The molecule has 1 unspecified atom stereocenters. The van der Waals surface area contributed by atoms with E-state index in [0.29, 0.717) is 24.9 Å². The lowest BCUT2D eigenvalue weighted by molar-refractivity contribution is 0.0164. The highest BCUT2D eigenvalue weighted by Crippen LogP contribution is 2.39. The number of aromatic nitrogens is 1. The summed E-state index contributed by atoms with van der Waals surface area (Å²) < 4.78 is 11.5. The number of ether oxygens (including phenoxy) is 2. The SMILES string of the molecule is COC(=O)c1ccncc1CCC1c2ccc(Br)cc2CN1C(=O)OC(C)(C)C. The molecule has 3 rings (SSSR count). The van der Waals surface area contributed by atoms with Gasteiger partial charge in [0.15, 0.2) is 0 Å². The van der Waals surface area contributed by atoms with Crippen LogP contribution in [0.3, 0.4) is 0 Å². The molecule has 1 atom stereocenters. The molecule has 0 radical (unpaired) electrons. The number of carbonyl (C=O) groups is 2. The van der Waals surface area contributed by atoms with Gasteiger partial charge in [-0.3, -0.25) is 9.88 Å². The summed E-state index contributed by atoms with van der Waals surface area (Å²) in [4.78, 5) is 30.8. The summed E-state index contributed by atoms with van der Waals surface area (Å²) in [6.07, 6.45) is 4.14. The summed E-state index contributed by atoms with van der Waals surface area (Å²) in [5.41, 5.74) is 2.92. The van der Waals surface area contributed by atoms with Crippen molar-refractivity contribution in [1.82, 2.24) is 9.88 Å². The van der Waals surface area contributed by atoms with Crippen LogP contribution in [0, 0.1) is 0 Å². The number of benzene rings is 1. The van der Waals surface area contributed by atoms with Crippen LogP contribution in [0.1, 0.15) is 60.3 Å². The van der Waals surface area contributed by atoms with E-state index in [-0.39, 0.29) is 18.1 Å². The number of rotatable bonds is 4. The number of halogens is 1. The van der Waals surface area contributed by atoms with Gasteiger partial charge in [0.2, 0.25) is 0 Å². The second-order valence-corrected chi connectivity index (χ2v) is 8.95. The molecule has 0 saturated carbocycles. The van der Waals surface area contributed by atoms with Crippen LogP contribution in [0.2, 0.25) is 0 Å². The molecule has 29 heavy (non-hydrogen) atoms. The number of hydrogen-bond acceptors (Lipinski definition) is 5. The molecule has 1 aliphatic heterocycles. The van der Waals surface area contributed by atoms with Crippen LogP contribution in [0.15, 0.2) is 41.1 Å². The van der Waals surface area contributed by atoms with Gasteiger partial charge in [0, 0.05) is 16.9 Å². The first-order chi connectivity index (χ1) is 13.7. The third-order valence-electron chi connectivity index (χ3n) is 4.80. The van der Waals surface area contributed by atoms with E-state index >= 15 is 0 Å². The molecule has 1 amide bonds. The number of methoxy groups -OCH3 is 1. The highest BCUT2D eigenvalue weighted by Gasteiger charge is 2.36. The number of aryl methyl sites for hydroxylation is 1. The zero-order valence-corrected chi connectivity index (χ0v) is 18.7. The van der Waals surface area contributed by atoms with Crippen LogP contribution in [0.5, 0.6) is 0 Å². The maximum atomic E-state index is 12.9. The largest absolute Gasteiger partial charge is 0.465 e. The van der Waals surface area contributed by atoms with Gasteiger partial charge >= 0.3 is 12.1 Å². The van der Waals surface area contributed by atoms with Gasteiger partial charge in [-0.15, -0.1) is 0 Å². The van der Waals surface area contributed by atoms with E-state index < -0.39 is 5.60 Å². The third-order valence-corrected chi connectivity index (χ3v) is 5.30. The molecular formula is C22H25BrN2O4. The van der Waals surface area contributed by atoms with Gasteiger partial charge in [-0.1, -0.05) is 22.0 Å². The normalized spacial score (nSPS) is 15.8. The van der Waals surface area contributed by atoms with Gasteiger partial charge in [-0.2, -0.15) is 0 Å². The lowest BCUT2D eigenvalue weighted by Gasteiger charge is -2.29. The van der Waals surface area contributed by atoms with E-state index in [9.17, 15) is 9.59 Å². The first-order valence-electron chi connectivity index (χ1n) is 9.49. The lowest BCUT2D eigenvalue weighted by Crippen LogP contribution is -2.36. The second-order valence-electron chi connectivity index (χ2n) is 8.03. The summed E-state index contributed by atoms with van der Waals surface area (Å²) in [7, 11) is 1.36. The minimum absolute atomic E-state index is 0.140. The van der Waals surface area contributed by atoms with Crippen molar-refractivity contribution in [3.8, 4) is 0 Å². The van der Waals surface area contributed by atoms with Gasteiger partial charge in [0.05, 0.1) is 25.3 Å². The van der Waals surface area contributed by atoms with E-state index in [1.54, 1.807) is 23.4 Å². The molecule has 1 aromatic heterocycles. The van der Waals surface area contributed by atoms with Crippen molar-refractivity contribution in [1.29, 1.82) is 0 Å². The molecule has 154 valence electrons. The maximum Gasteiger partial charge on any atom is 0.411 e. The summed E-state index contributed by atoms with van der Waals surface area (Å²) >= 11 is 3.51. The molecule has 0 aliphatic carbocycles. The fourth-order valence-electron chi connectivity index (χ4n) is 3.55. The first kappa shape index (κ1) is 21.3. The molecule has 0 saturated heterocycles. The van der Waals surface area contributed by atoms with E-state index in [1.807, 2.05) is 39.0 Å². The Labute approximate surface area is 179 Å². The van der Waals surface area contributed by atoms with Gasteiger partial charge in [0.1, 0.15) is 5.60 Å². The van der Waals surface area contributed by atoms with Crippen LogP contribution < -0.4 is 0 Å². The first-order valence-corrected chi connectivity index (χ1v) is 10.3. The molecule has 2 aromatic rings. The smallest absolute Gasteiger partial charge is 0.411 e. The van der Waals surface area contributed by atoms with Crippen molar-refractivity contribution in [2.45, 2.75) is 51.8 Å². The van der Waals surface area contributed by atoms with Crippen LogP contribution in [-0.2, 0) is 22.4 Å². The van der Waals surface area contributed by atoms with E-state index in [4.69, 9.17) is 9.47 Å². The number of hydrogen-bond donors (Lipinski definition) is 0. The van der Waals surface area contributed by atoms with Crippen LogP contribution >= 0.6 is 15.9 Å². The lowest BCUT2D eigenvalue weighted by atomic mass is 9.97. The van der Waals surface area contributed by atoms with E-state index in [0.717, 1.165) is 21.2 Å². The molecule has 0 spiro atoms. The van der Waals surface area contributed by atoms with Crippen LogP contribution in [0.4, 0.5) is 4.79 Å². The zero-order valence-electron chi connectivity index (χ0n) is 17.1. The molecule has 7 heteroatoms. The van der Waals surface area contributed by atoms with Gasteiger partial charge < -0.3 is 9.47 Å². The third kappa shape index (κ3) is 4.96. The van der Waals surface area contributed by atoms with Crippen molar-refractivity contribution in [3.63, 3.8) is 0 Å². The van der Waals surface area contributed by atoms with Crippen molar-refractivity contribution in [2.24, 2.45) is 0 Å². The van der Waals surface area contributed by atoms with E-state index in [2.05, 4.69) is 20.9 Å². The average Bonchev–Trinajstić information content (AvgIpc) is 3.02. The summed E-state index contributed by atoms with van der Waals surface area (Å²) in [6, 6.07) is 7.58. The fraction of sp³-hybridized carbons (Fsp3) is 0.409. The highest BCUT2D eigenvalue weighted by atomic mass is 79.9. The van der Waals surface area contributed by atoms with Crippen LogP contribution in [0.25, 0.3) is 0 Å². The monoisotopic (exact) mass is 460 g/mol. The Bertz CT molecular complexity index is 923. The van der Waals surface area contributed by atoms with Crippen molar-refractivity contribution < 1.29 is 19.1 Å². The standard InChI is InChI=1S/C22H25BrN2O4/c1-22(2,3)29-21(27)25-13-15-11-16(23)6-7-17(15)19(25)8-5-14-12-24-10-9-18(14)20(26)28-4/h6-7,9-12,19H,5,8,13H2,1-4H3. The Kier molecular flexibility index (Phi) is 6.27. The van der Waals surface area contributed by atoms with Crippen molar-refractivity contribution in [2.75, 3.05) is 7.11 Å². The van der Waals surface area contributed by atoms with Crippen LogP contribution in [-0.4, -0.2) is 34.7 Å². The Balaban J connectivity index is 1.86. The molecule has 0 fully saturated rings. The summed E-state index contributed by atoms with van der Waals surface area (Å²) in [5, 5.41) is 0. The second kappa shape index (κ2) is 8.53. The Morgan fingerprint density at radius 3 is 2.72 bits per heavy atom. The topological polar surface area (TPSA) is 68.7 Å². The molecule has 2 heterocycles. The number of nitrogens with zero attached hydrogens (tertiary/aromatic N) is 2. The molecule has 0 N–H and O–H groups in total. The highest BCUT2D eigenvalue weighted by molar-refractivity contribution is 9.10. The summed E-state index contributed by atoms with van der Waals surface area (Å²) in [6.45, 7) is 6.07. The Hall–Kier alpha value is -2.41. The van der Waals surface area contributed by atoms with Gasteiger partial charge in [0.25, 0.3) is 0 Å². The minimum atomic E-state index is -0.571. The summed E-state index contributed by atoms with van der Waals surface area (Å²) in [5.74, 6) is -0.387.